The highest BCUT2D eigenvalue weighted by molar-refractivity contribution is 5.78. The molecule has 1 rings (SSSR count). The summed E-state index contributed by atoms with van der Waals surface area (Å²) in [7, 11) is 0. The highest BCUT2D eigenvalue weighted by Crippen LogP contribution is 2.02. The van der Waals surface area contributed by atoms with Crippen molar-refractivity contribution in [1.82, 2.24) is 5.32 Å². The number of carboxylic acids is 1. The van der Waals surface area contributed by atoms with E-state index in [1.807, 2.05) is 0 Å². The van der Waals surface area contributed by atoms with Crippen molar-refractivity contribution in [3.8, 4) is 0 Å². The summed E-state index contributed by atoms with van der Waals surface area (Å²) in [4.78, 5) is 21.7. The van der Waals surface area contributed by atoms with Crippen molar-refractivity contribution in [2.45, 2.75) is 19.6 Å². The summed E-state index contributed by atoms with van der Waals surface area (Å²) >= 11 is 0. The normalized spacial score (nSPS) is 11.9. The van der Waals surface area contributed by atoms with Gasteiger partial charge in [0, 0.05) is 6.54 Å². The van der Waals surface area contributed by atoms with Gasteiger partial charge in [0.1, 0.15) is 12.4 Å². The van der Waals surface area contributed by atoms with Crippen LogP contribution in [-0.4, -0.2) is 29.7 Å². The minimum Gasteiger partial charge on any atom is -0.479 e. The van der Waals surface area contributed by atoms with Crippen LogP contribution in [0.3, 0.4) is 0 Å². The highest BCUT2D eigenvalue weighted by Gasteiger charge is 2.12. The molecule has 0 heterocycles. The van der Waals surface area contributed by atoms with E-state index in [2.05, 4.69) is 5.32 Å². The second-order valence-corrected chi connectivity index (χ2v) is 3.69. The molecule has 0 aliphatic rings. The van der Waals surface area contributed by atoms with Crippen LogP contribution in [-0.2, 0) is 20.9 Å². The van der Waals surface area contributed by atoms with Crippen molar-refractivity contribution in [3.05, 3.63) is 35.6 Å². The van der Waals surface area contributed by atoms with Gasteiger partial charge in [-0.25, -0.2) is 9.18 Å². The Labute approximate surface area is 104 Å². The molecule has 1 aromatic rings. The predicted molar refractivity (Wildman–Crippen MR) is 61.3 cm³/mol. The largest absolute Gasteiger partial charge is 0.479 e. The molecule has 0 fully saturated rings. The number of nitrogens with one attached hydrogen (secondary N) is 1. The quantitative estimate of drug-likeness (QED) is 0.793. The van der Waals surface area contributed by atoms with Gasteiger partial charge in [-0.1, -0.05) is 12.1 Å². The van der Waals surface area contributed by atoms with E-state index in [0.29, 0.717) is 0 Å². The van der Waals surface area contributed by atoms with Gasteiger partial charge in [-0.15, -0.1) is 0 Å². The molecule has 98 valence electrons. The topological polar surface area (TPSA) is 75.6 Å². The summed E-state index contributed by atoms with van der Waals surface area (Å²) in [5, 5.41) is 11.1. The van der Waals surface area contributed by atoms with Gasteiger partial charge in [-0.05, 0) is 24.6 Å². The summed E-state index contributed by atoms with van der Waals surface area (Å²) < 4.78 is 17.4. The van der Waals surface area contributed by atoms with Crippen LogP contribution < -0.4 is 5.32 Å². The smallest absolute Gasteiger partial charge is 0.332 e. The fraction of sp³-hybridized carbons (Fsp3) is 0.333. The van der Waals surface area contributed by atoms with Crippen LogP contribution >= 0.6 is 0 Å². The molecule has 1 atom stereocenters. The summed E-state index contributed by atoms with van der Waals surface area (Å²) in [5.74, 6) is -1.89. The molecule has 0 aliphatic heterocycles. The standard InChI is InChI=1S/C12H14FNO4/c1-8(12(16)17)18-7-11(15)14-6-9-2-4-10(13)5-3-9/h2-5,8H,6-7H2,1H3,(H,14,15)(H,16,17). The van der Waals surface area contributed by atoms with E-state index in [1.54, 1.807) is 12.1 Å². The van der Waals surface area contributed by atoms with Crippen LogP contribution in [0.4, 0.5) is 4.39 Å². The van der Waals surface area contributed by atoms with Gasteiger partial charge < -0.3 is 15.2 Å². The van der Waals surface area contributed by atoms with Gasteiger partial charge in [0.2, 0.25) is 5.91 Å². The lowest BCUT2D eigenvalue weighted by Gasteiger charge is -2.09. The van der Waals surface area contributed by atoms with E-state index in [1.165, 1.54) is 19.1 Å². The SMILES string of the molecule is CC(OCC(=O)NCc1ccc(F)cc1)C(=O)O. The van der Waals surface area contributed by atoms with Gasteiger partial charge in [0.05, 0.1) is 0 Å². The molecular weight excluding hydrogens is 241 g/mol. The molecule has 1 unspecified atom stereocenters. The van der Waals surface area contributed by atoms with Crippen molar-refractivity contribution >= 4 is 11.9 Å². The zero-order valence-corrected chi connectivity index (χ0v) is 9.85. The van der Waals surface area contributed by atoms with Gasteiger partial charge in [-0.3, -0.25) is 4.79 Å². The molecule has 1 amide bonds. The average Bonchev–Trinajstić information content (AvgIpc) is 2.35. The molecule has 0 radical (unpaired) electrons. The lowest BCUT2D eigenvalue weighted by Crippen LogP contribution is -2.31. The second kappa shape index (κ2) is 6.70. The number of ether oxygens (including phenoxy) is 1. The molecule has 0 spiro atoms. The van der Waals surface area contributed by atoms with Crippen LogP contribution in [0.15, 0.2) is 24.3 Å². The van der Waals surface area contributed by atoms with Crippen molar-refractivity contribution in [3.63, 3.8) is 0 Å². The molecule has 0 aromatic heterocycles. The number of carbonyl (C=O) groups excluding carboxylic acids is 1. The van der Waals surface area contributed by atoms with Crippen molar-refractivity contribution < 1.29 is 23.8 Å². The van der Waals surface area contributed by atoms with Gasteiger partial charge in [-0.2, -0.15) is 0 Å². The van der Waals surface area contributed by atoms with Gasteiger partial charge in [0.25, 0.3) is 0 Å². The Bertz CT molecular complexity index is 419. The zero-order valence-electron chi connectivity index (χ0n) is 9.85. The summed E-state index contributed by atoms with van der Waals surface area (Å²) in [5.41, 5.74) is 0.746. The zero-order chi connectivity index (χ0) is 13.5. The maximum atomic E-state index is 12.6. The Morgan fingerprint density at radius 1 is 1.39 bits per heavy atom. The number of aliphatic carboxylic acids is 1. The van der Waals surface area contributed by atoms with Crippen LogP contribution in [0.1, 0.15) is 12.5 Å². The minimum atomic E-state index is -1.12. The molecule has 5 nitrogen and oxygen atoms in total. The van der Waals surface area contributed by atoms with Crippen LogP contribution in [0.25, 0.3) is 0 Å². The summed E-state index contributed by atoms with van der Waals surface area (Å²) in [6.45, 7) is 1.26. The molecule has 18 heavy (non-hydrogen) atoms. The van der Waals surface area contributed by atoms with E-state index in [-0.39, 0.29) is 19.0 Å². The highest BCUT2D eigenvalue weighted by atomic mass is 19.1. The first-order valence-electron chi connectivity index (χ1n) is 5.34. The number of carbonyl (C=O) groups is 2. The molecule has 0 bridgehead atoms. The Morgan fingerprint density at radius 2 is 2.00 bits per heavy atom. The van der Waals surface area contributed by atoms with E-state index < -0.39 is 18.0 Å². The number of carboxylic acid groups (broad SMARTS) is 1. The molecular formula is C12H14FNO4. The molecule has 0 aliphatic carbocycles. The first kappa shape index (κ1) is 14.1. The van der Waals surface area contributed by atoms with E-state index in [9.17, 15) is 14.0 Å². The van der Waals surface area contributed by atoms with Crippen LogP contribution in [0.2, 0.25) is 0 Å². The molecule has 2 N–H and O–H groups in total. The maximum Gasteiger partial charge on any atom is 0.332 e. The first-order chi connectivity index (χ1) is 8.49. The third kappa shape index (κ3) is 4.92. The van der Waals surface area contributed by atoms with E-state index in [4.69, 9.17) is 9.84 Å². The number of hydrogen-bond acceptors (Lipinski definition) is 3. The Kier molecular flexibility index (Phi) is 5.26. The number of amides is 1. The van der Waals surface area contributed by atoms with Gasteiger partial charge in [0.15, 0.2) is 6.10 Å². The monoisotopic (exact) mass is 255 g/mol. The van der Waals surface area contributed by atoms with Crippen LogP contribution in [0.5, 0.6) is 0 Å². The summed E-state index contributed by atoms with van der Waals surface area (Å²) in [6.07, 6.45) is -1.03. The van der Waals surface area contributed by atoms with Crippen molar-refractivity contribution in [2.24, 2.45) is 0 Å². The lowest BCUT2D eigenvalue weighted by atomic mass is 10.2. The average molecular weight is 255 g/mol. The minimum absolute atomic E-state index is 0.240. The van der Waals surface area contributed by atoms with Crippen molar-refractivity contribution in [2.75, 3.05) is 6.61 Å². The fourth-order valence-electron chi connectivity index (χ4n) is 1.13. The number of benzene rings is 1. The van der Waals surface area contributed by atoms with Crippen LogP contribution in [0, 0.1) is 5.82 Å². The Morgan fingerprint density at radius 3 is 2.56 bits per heavy atom. The summed E-state index contributed by atoms with van der Waals surface area (Å²) in [6, 6.07) is 5.70. The number of hydrogen-bond donors (Lipinski definition) is 2. The third-order valence-corrected chi connectivity index (χ3v) is 2.22. The Balaban J connectivity index is 2.29. The fourth-order valence-corrected chi connectivity index (χ4v) is 1.13. The van der Waals surface area contributed by atoms with E-state index >= 15 is 0 Å². The molecule has 6 heteroatoms. The van der Waals surface area contributed by atoms with Crippen molar-refractivity contribution in [1.29, 1.82) is 0 Å². The molecule has 0 saturated heterocycles. The first-order valence-corrected chi connectivity index (χ1v) is 5.34. The molecule has 0 saturated carbocycles. The molecule has 1 aromatic carbocycles. The number of rotatable bonds is 6. The third-order valence-electron chi connectivity index (χ3n) is 2.22. The maximum absolute atomic E-state index is 12.6. The lowest BCUT2D eigenvalue weighted by molar-refractivity contribution is -0.150. The van der Waals surface area contributed by atoms with E-state index in [0.717, 1.165) is 5.56 Å². The number of halogens is 1. The second-order valence-electron chi connectivity index (χ2n) is 3.69. The predicted octanol–water partition coefficient (Wildman–Crippen LogP) is 0.932. The van der Waals surface area contributed by atoms with Gasteiger partial charge >= 0.3 is 5.97 Å². The Hall–Kier alpha value is -1.95.